The van der Waals surface area contributed by atoms with Gasteiger partial charge < -0.3 is 5.32 Å². The molecular formula is C13H9ClN4O. The van der Waals surface area contributed by atoms with E-state index in [0.29, 0.717) is 22.1 Å². The highest BCUT2D eigenvalue weighted by molar-refractivity contribution is 6.29. The Bertz CT molecular complexity index is 661. The van der Waals surface area contributed by atoms with Gasteiger partial charge in [-0.15, -0.1) is 0 Å². The van der Waals surface area contributed by atoms with Gasteiger partial charge in [-0.3, -0.25) is 4.79 Å². The van der Waals surface area contributed by atoms with Gasteiger partial charge in [0.15, 0.2) is 0 Å². The number of aromatic nitrogens is 2. The lowest BCUT2D eigenvalue weighted by molar-refractivity contribution is 0.102. The minimum absolute atomic E-state index is 0.230. The van der Waals surface area contributed by atoms with Crippen LogP contribution >= 0.6 is 11.6 Å². The number of nitriles is 1. The number of nitrogens with zero attached hydrogens (tertiary/aromatic N) is 3. The van der Waals surface area contributed by atoms with E-state index in [0.717, 1.165) is 0 Å². The van der Waals surface area contributed by atoms with Crippen LogP contribution in [0.3, 0.4) is 0 Å². The molecule has 0 unspecified atom stereocenters. The molecule has 0 aliphatic rings. The number of anilines is 1. The largest absolute Gasteiger partial charge is 0.319 e. The van der Waals surface area contributed by atoms with Crippen molar-refractivity contribution in [1.29, 1.82) is 5.26 Å². The van der Waals surface area contributed by atoms with Crippen molar-refractivity contribution in [3.63, 3.8) is 0 Å². The molecule has 19 heavy (non-hydrogen) atoms. The molecule has 0 spiro atoms. The smallest absolute Gasteiger partial charge is 0.274 e. The molecule has 0 atom stereocenters. The summed E-state index contributed by atoms with van der Waals surface area (Å²) in [4.78, 5) is 19.9. The molecule has 6 heteroatoms. The molecule has 2 heterocycles. The number of carbonyl (C=O) groups is 1. The molecule has 0 aromatic carbocycles. The lowest BCUT2D eigenvalue weighted by Crippen LogP contribution is -2.14. The maximum Gasteiger partial charge on any atom is 0.274 e. The minimum atomic E-state index is -0.364. The maximum atomic E-state index is 11.9. The third-order valence-corrected chi connectivity index (χ3v) is 2.64. The summed E-state index contributed by atoms with van der Waals surface area (Å²) in [5, 5.41) is 11.7. The Labute approximate surface area is 114 Å². The van der Waals surface area contributed by atoms with Gasteiger partial charge in [-0.25, -0.2) is 9.97 Å². The fourth-order valence-electron chi connectivity index (χ4n) is 1.44. The quantitative estimate of drug-likeness (QED) is 0.852. The van der Waals surface area contributed by atoms with Crippen molar-refractivity contribution in [2.75, 3.05) is 5.32 Å². The first-order valence-corrected chi connectivity index (χ1v) is 5.78. The van der Waals surface area contributed by atoms with Gasteiger partial charge in [-0.2, -0.15) is 5.26 Å². The van der Waals surface area contributed by atoms with Crippen molar-refractivity contribution < 1.29 is 4.79 Å². The molecule has 0 radical (unpaired) electrons. The molecule has 94 valence electrons. The zero-order valence-electron chi connectivity index (χ0n) is 10.0. The number of rotatable bonds is 2. The highest BCUT2D eigenvalue weighted by Gasteiger charge is 2.09. The molecule has 0 aliphatic carbocycles. The summed E-state index contributed by atoms with van der Waals surface area (Å²) < 4.78 is 0. The van der Waals surface area contributed by atoms with Gasteiger partial charge in [0.05, 0.1) is 16.9 Å². The van der Waals surface area contributed by atoms with E-state index >= 15 is 0 Å². The van der Waals surface area contributed by atoms with E-state index < -0.39 is 0 Å². The molecule has 0 aliphatic heterocycles. The second-order valence-electron chi connectivity index (χ2n) is 3.76. The molecule has 0 bridgehead atoms. The number of hydrogen-bond acceptors (Lipinski definition) is 4. The summed E-state index contributed by atoms with van der Waals surface area (Å²) in [6, 6.07) is 8.23. The van der Waals surface area contributed by atoms with Crippen LogP contribution in [-0.2, 0) is 0 Å². The molecule has 2 aromatic heterocycles. The van der Waals surface area contributed by atoms with Crippen molar-refractivity contribution in [3.8, 4) is 6.07 Å². The van der Waals surface area contributed by atoms with E-state index in [2.05, 4.69) is 15.3 Å². The summed E-state index contributed by atoms with van der Waals surface area (Å²) in [5.41, 5.74) is 1.82. The molecule has 2 rings (SSSR count). The molecule has 1 amide bonds. The van der Waals surface area contributed by atoms with Crippen LogP contribution in [0.4, 0.5) is 5.69 Å². The van der Waals surface area contributed by atoms with Crippen LogP contribution < -0.4 is 5.32 Å². The number of halogens is 1. The minimum Gasteiger partial charge on any atom is -0.319 e. The van der Waals surface area contributed by atoms with Crippen molar-refractivity contribution in [2.45, 2.75) is 6.92 Å². The summed E-state index contributed by atoms with van der Waals surface area (Å²) >= 11 is 5.74. The Morgan fingerprint density at radius 3 is 2.74 bits per heavy atom. The summed E-state index contributed by atoms with van der Waals surface area (Å²) in [7, 11) is 0. The highest BCUT2D eigenvalue weighted by Crippen LogP contribution is 2.16. The van der Waals surface area contributed by atoms with E-state index in [1.54, 1.807) is 19.1 Å². The zero-order valence-corrected chi connectivity index (χ0v) is 10.8. The third-order valence-electron chi connectivity index (χ3n) is 2.43. The molecule has 1 N–H and O–H groups in total. The van der Waals surface area contributed by atoms with E-state index in [1.165, 1.54) is 18.3 Å². The van der Waals surface area contributed by atoms with Crippen molar-refractivity contribution in [2.24, 2.45) is 0 Å². The summed E-state index contributed by atoms with van der Waals surface area (Å²) in [5.74, 6) is -0.364. The van der Waals surface area contributed by atoms with Gasteiger partial charge >= 0.3 is 0 Å². The Balaban J connectivity index is 2.18. The van der Waals surface area contributed by atoms with E-state index in [-0.39, 0.29) is 11.6 Å². The van der Waals surface area contributed by atoms with Crippen molar-refractivity contribution in [1.82, 2.24) is 9.97 Å². The predicted molar refractivity (Wildman–Crippen MR) is 70.9 cm³/mol. The molecular weight excluding hydrogens is 264 g/mol. The lowest BCUT2D eigenvalue weighted by atomic mass is 10.2. The van der Waals surface area contributed by atoms with Crippen LogP contribution in [0.25, 0.3) is 0 Å². The summed E-state index contributed by atoms with van der Waals surface area (Å²) in [6.45, 7) is 1.74. The van der Waals surface area contributed by atoms with E-state index in [9.17, 15) is 4.79 Å². The average molecular weight is 273 g/mol. The van der Waals surface area contributed by atoms with E-state index in [4.69, 9.17) is 16.9 Å². The highest BCUT2D eigenvalue weighted by atomic mass is 35.5. The first kappa shape index (κ1) is 13.0. The molecule has 0 fully saturated rings. The maximum absolute atomic E-state index is 11.9. The predicted octanol–water partition coefficient (Wildman–Crippen LogP) is 2.56. The van der Waals surface area contributed by atoms with Crippen LogP contribution in [0.2, 0.25) is 5.15 Å². The Hall–Kier alpha value is -2.45. The second kappa shape index (κ2) is 5.46. The first-order chi connectivity index (χ1) is 9.10. The van der Waals surface area contributed by atoms with Gasteiger partial charge in [0.1, 0.15) is 16.9 Å². The van der Waals surface area contributed by atoms with Gasteiger partial charge in [-0.05, 0) is 31.2 Å². The van der Waals surface area contributed by atoms with Gasteiger partial charge in [0.2, 0.25) is 0 Å². The van der Waals surface area contributed by atoms with Crippen LogP contribution in [0.5, 0.6) is 0 Å². The molecule has 5 nitrogen and oxygen atoms in total. The van der Waals surface area contributed by atoms with Gasteiger partial charge in [0.25, 0.3) is 5.91 Å². The normalized spacial score (nSPS) is 9.74. The number of hydrogen-bond donors (Lipinski definition) is 1. The average Bonchev–Trinajstić information content (AvgIpc) is 2.42. The number of aryl methyl sites for hydroxylation is 1. The number of pyridine rings is 2. The Morgan fingerprint density at radius 2 is 2.16 bits per heavy atom. The van der Waals surface area contributed by atoms with E-state index in [1.807, 2.05) is 6.07 Å². The fourth-order valence-corrected chi connectivity index (χ4v) is 1.63. The molecule has 2 aromatic rings. The van der Waals surface area contributed by atoms with Gasteiger partial charge in [-0.1, -0.05) is 11.6 Å². The zero-order chi connectivity index (χ0) is 13.8. The topological polar surface area (TPSA) is 78.7 Å². The monoisotopic (exact) mass is 272 g/mol. The fraction of sp³-hybridized carbons (Fsp3) is 0.0769. The van der Waals surface area contributed by atoms with Crippen molar-refractivity contribution in [3.05, 3.63) is 52.6 Å². The molecule has 0 saturated heterocycles. The Kier molecular flexibility index (Phi) is 3.74. The van der Waals surface area contributed by atoms with Crippen LogP contribution in [0.1, 0.15) is 21.7 Å². The first-order valence-electron chi connectivity index (χ1n) is 5.41. The van der Waals surface area contributed by atoms with Crippen LogP contribution in [0, 0.1) is 18.3 Å². The SMILES string of the molecule is Cc1nc(Cl)ccc1NC(=O)c1ccc(C#N)cn1. The van der Waals surface area contributed by atoms with Gasteiger partial charge in [0, 0.05) is 6.20 Å². The third kappa shape index (κ3) is 3.06. The number of carbonyl (C=O) groups excluding carboxylic acids is 1. The van der Waals surface area contributed by atoms with Crippen LogP contribution in [0.15, 0.2) is 30.5 Å². The molecule has 0 saturated carbocycles. The second-order valence-corrected chi connectivity index (χ2v) is 4.15. The summed E-state index contributed by atoms with van der Waals surface area (Å²) in [6.07, 6.45) is 1.35. The Morgan fingerprint density at radius 1 is 1.37 bits per heavy atom. The standard InChI is InChI=1S/C13H9ClN4O/c1-8-10(4-5-12(14)17-8)18-13(19)11-3-2-9(6-15)7-16-11/h2-5,7H,1H3,(H,18,19). The lowest BCUT2D eigenvalue weighted by Gasteiger charge is -2.07. The number of amides is 1. The van der Waals surface area contributed by atoms with Crippen molar-refractivity contribution >= 4 is 23.2 Å². The number of nitrogens with one attached hydrogen (secondary N) is 1. The van der Waals surface area contributed by atoms with Crippen LogP contribution in [-0.4, -0.2) is 15.9 Å².